The van der Waals surface area contributed by atoms with Crippen LogP contribution in [0, 0.1) is 40.9 Å². The predicted molar refractivity (Wildman–Crippen MR) is 276 cm³/mol. The van der Waals surface area contributed by atoms with Crippen molar-refractivity contribution in [3.05, 3.63) is 47.6 Å². The molecule has 15 atom stereocenters. The van der Waals surface area contributed by atoms with Gasteiger partial charge in [-0.2, -0.15) is 0 Å². The van der Waals surface area contributed by atoms with Gasteiger partial charge in [-0.25, -0.2) is 4.79 Å². The van der Waals surface area contributed by atoms with Gasteiger partial charge in [-0.05, 0) is 107 Å². The van der Waals surface area contributed by atoms with Crippen molar-refractivity contribution in [3.63, 3.8) is 0 Å². The summed E-state index contributed by atoms with van der Waals surface area (Å²) in [6.45, 7) is 13.4. The minimum Gasteiger partial charge on any atom is -0.460 e. The van der Waals surface area contributed by atoms with E-state index < -0.39 is 120 Å². The van der Waals surface area contributed by atoms with Crippen LogP contribution in [0.5, 0.6) is 0 Å². The van der Waals surface area contributed by atoms with Gasteiger partial charge in [-0.1, -0.05) is 78.0 Å². The van der Waals surface area contributed by atoms with Gasteiger partial charge in [0, 0.05) is 63.9 Å². The molecule has 3 aliphatic heterocycles. The molecule has 2 bridgehead atoms. The van der Waals surface area contributed by atoms with Crippen LogP contribution in [-0.4, -0.2) is 156 Å². The second kappa shape index (κ2) is 29.0. The molecule has 17 nitrogen and oxygen atoms in total. The number of ketones is 3. The number of hydrogen-bond acceptors (Lipinski definition) is 16. The summed E-state index contributed by atoms with van der Waals surface area (Å²) >= 11 is 0. The topological polar surface area (TPSA) is 242 Å². The lowest BCUT2D eigenvalue weighted by atomic mass is 9.78. The van der Waals surface area contributed by atoms with Crippen LogP contribution in [0.25, 0.3) is 0 Å². The molecule has 2 saturated heterocycles. The van der Waals surface area contributed by atoms with Crippen molar-refractivity contribution >= 4 is 35.2 Å². The lowest BCUT2D eigenvalue weighted by Gasteiger charge is -2.42. The van der Waals surface area contributed by atoms with E-state index in [9.17, 15) is 49.2 Å². The molecule has 3 heterocycles. The summed E-state index contributed by atoms with van der Waals surface area (Å²) in [5, 5.41) is 43.0. The van der Waals surface area contributed by atoms with Crippen LogP contribution in [0.3, 0.4) is 0 Å². The third-order valence-electron chi connectivity index (χ3n) is 16.1. The van der Waals surface area contributed by atoms with Crippen molar-refractivity contribution in [1.82, 2.24) is 4.90 Å². The van der Waals surface area contributed by atoms with E-state index in [4.69, 9.17) is 28.4 Å². The second-order valence-corrected chi connectivity index (χ2v) is 22.4. The number of rotatable bonds is 11. The monoisotopic (exact) mass is 1040 g/mol. The minimum atomic E-state index is -2.47. The van der Waals surface area contributed by atoms with Crippen LogP contribution in [-0.2, 0) is 57.2 Å². The molecule has 418 valence electrons. The molecule has 4 aliphatic rings. The molecule has 17 heteroatoms. The number of piperidine rings is 1. The van der Waals surface area contributed by atoms with Gasteiger partial charge in [0.1, 0.15) is 36.2 Å². The Kier molecular flexibility index (Phi) is 24.5. The highest BCUT2D eigenvalue weighted by molar-refractivity contribution is 6.39. The van der Waals surface area contributed by atoms with Crippen LogP contribution in [0.2, 0.25) is 0 Å². The van der Waals surface area contributed by atoms with Crippen molar-refractivity contribution in [3.8, 4) is 0 Å². The first-order valence-electron chi connectivity index (χ1n) is 26.9. The van der Waals surface area contributed by atoms with E-state index in [2.05, 4.69) is 0 Å². The number of nitrogens with zero attached hydrogens (tertiary/aromatic N) is 1. The van der Waals surface area contributed by atoms with E-state index >= 15 is 0 Å². The first-order valence-corrected chi connectivity index (χ1v) is 26.9. The fraction of sp³-hybridized carbons (Fsp3) is 0.754. The number of cyclic esters (lactones) is 1. The highest BCUT2D eigenvalue weighted by atomic mass is 16.6. The van der Waals surface area contributed by atoms with Gasteiger partial charge >= 0.3 is 11.9 Å². The average Bonchev–Trinajstić information content (AvgIpc) is 3.37. The number of carbonyl (C=O) groups is 6. The highest BCUT2D eigenvalue weighted by Gasteiger charge is 2.53. The Morgan fingerprint density at radius 1 is 0.865 bits per heavy atom. The summed E-state index contributed by atoms with van der Waals surface area (Å²) in [6.07, 6.45) is 9.87. The number of Topliss-reactive ketones (excluding diaryl/α,β-unsaturated/α-hetero) is 3. The fourth-order valence-electron chi connectivity index (χ4n) is 11.0. The maximum Gasteiger partial charge on any atom is 0.329 e. The Balaban J connectivity index is 1.68. The van der Waals surface area contributed by atoms with Gasteiger partial charge in [0.25, 0.3) is 11.7 Å². The SMILES string of the molecule is CO[C@H]1C[C@@H]2CC[C@@H](C)[C@@](O)(O2)C(=O)C(=O)N2CCCC[C@H]2C(=O)O[C@H]([C@H](C)C[C@@H]2CC[C@@H](OC(=O)CC(C)(CO)CO)[C@H](OC)C2)CC(=O)[C@H](C)/C=C(\C)[C@@H](O)[C@@H](OC)C(=O)[C@H](C)C[C@H](C)/C=C/C=C/C=C/1C. The highest BCUT2D eigenvalue weighted by Crippen LogP contribution is 2.38. The van der Waals surface area contributed by atoms with E-state index in [0.29, 0.717) is 69.8 Å². The Labute approximate surface area is 439 Å². The molecule has 0 unspecified atom stereocenters. The van der Waals surface area contributed by atoms with E-state index in [1.165, 1.54) is 19.1 Å². The lowest BCUT2D eigenvalue weighted by Crippen LogP contribution is -2.61. The molecule has 1 saturated carbocycles. The summed E-state index contributed by atoms with van der Waals surface area (Å²) in [7, 11) is 4.46. The quantitative estimate of drug-likeness (QED) is 0.104. The number of methoxy groups -OCH3 is 3. The standard InChI is InChI=1S/C57H89NO16/c1-34-17-13-12-14-18-35(2)46(69-9)29-42-22-20-40(7)57(68,74-42)53(65)54(66)58-24-16-15-19-43(58)55(67)73-47(30-44(61)36(3)26-39(6)51(64)52(71-11)50(63)38(5)25-34)37(4)27-41-21-23-45(48(28-41)70-10)72-49(62)31-56(8,32-59)33-60/h12-14,17-18,26,34,36-38,40-43,45-48,51-52,59-60,64,68H,15-16,19-25,27-33H2,1-11H3/b14-12+,17-13+,35-18+,39-26+/t34-,36-,37-,38-,40-,41+,42+,43+,45-,46+,47+,48-,51-,52+,57-/m1/s1. The van der Waals surface area contributed by atoms with E-state index in [1.54, 1.807) is 47.8 Å². The first-order chi connectivity index (χ1) is 34.9. The molecular weight excluding hydrogens is 955 g/mol. The number of esters is 2. The largest absolute Gasteiger partial charge is 0.460 e. The Bertz CT molecular complexity index is 2030. The van der Waals surface area contributed by atoms with Gasteiger partial charge in [0.2, 0.25) is 5.79 Å². The molecule has 4 N–H and O–H groups in total. The van der Waals surface area contributed by atoms with Crippen molar-refractivity contribution in [1.29, 1.82) is 0 Å². The molecule has 74 heavy (non-hydrogen) atoms. The zero-order valence-corrected chi connectivity index (χ0v) is 46.0. The number of aliphatic hydroxyl groups is 4. The van der Waals surface area contributed by atoms with Gasteiger partial charge in [0.05, 0.1) is 37.9 Å². The van der Waals surface area contributed by atoms with Crippen molar-refractivity contribution < 1.29 is 77.6 Å². The number of ether oxygens (including phenoxy) is 6. The van der Waals surface area contributed by atoms with E-state index in [0.717, 1.165) is 5.57 Å². The van der Waals surface area contributed by atoms with Crippen LogP contribution >= 0.6 is 0 Å². The normalized spacial score (nSPS) is 37.1. The third kappa shape index (κ3) is 16.8. The van der Waals surface area contributed by atoms with Crippen LogP contribution in [0.1, 0.15) is 139 Å². The van der Waals surface area contributed by atoms with Gasteiger partial charge in [-0.15, -0.1) is 0 Å². The molecule has 0 aromatic carbocycles. The minimum absolute atomic E-state index is 0.00575. The Morgan fingerprint density at radius 3 is 2.22 bits per heavy atom. The molecule has 0 spiro atoms. The summed E-state index contributed by atoms with van der Waals surface area (Å²) in [5.74, 6) is -9.12. The number of allylic oxidation sites excluding steroid dienone is 6. The number of carbonyl (C=O) groups excluding carboxylic acids is 6. The number of aliphatic hydroxyl groups excluding tert-OH is 3. The van der Waals surface area contributed by atoms with Crippen LogP contribution in [0.15, 0.2) is 47.6 Å². The summed E-state index contributed by atoms with van der Waals surface area (Å²) in [6, 6.07) is -1.20. The van der Waals surface area contributed by atoms with Crippen molar-refractivity contribution in [2.24, 2.45) is 40.9 Å². The Morgan fingerprint density at radius 2 is 1.57 bits per heavy atom. The zero-order valence-electron chi connectivity index (χ0n) is 46.0. The van der Waals surface area contributed by atoms with Crippen LogP contribution < -0.4 is 0 Å². The van der Waals surface area contributed by atoms with E-state index in [-0.39, 0.29) is 49.2 Å². The van der Waals surface area contributed by atoms with Gasteiger partial charge in [0.15, 0.2) is 5.78 Å². The van der Waals surface area contributed by atoms with Gasteiger partial charge in [-0.3, -0.25) is 24.0 Å². The smallest absolute Gasteiger partial charge is 0.329 e. The Hall–Kier alpha value is -3.94. The number of amides is 1. The maximum absolute atomic E-state index is 14.6. The summed E-state index contributed by atoms with van der Waals surface area (Å²) in [4.78, 5) is 85.4. The maximum atomic E-state index is 14.6. The molecule has 1 amide bonds. The molecule has 0 aromatic rings. The van der Waals surface area contributed by atoms with Crippen LogP contribution in [0.4, 0.5) is 0 Å². The number of hydrogen-bond donors (Lipinski definition) is 4. The molecule has 3 fully saturated rings. The first kappa shape index (κ1) is 62.6. The number of fused-ring (bicyclic) bond motifs is 3. The molecular formula is C57H89NO16. The predicted octanol–water partition coefficient (Wildman–Crippen LogP) is 6.11. The van der Waals surface area contributed by atoms with Gasteiger partial charge < -0.3 is 53.7 Å². The second-order valence-electron chi connectivity index (χ2n) is 22.4. The van der Waals surface area contributed by atoms with Crippen molar-refractivity contribution in [2.75, 3.05) is 41.1 Å². The summed E-state index contributed by atoms with van der Waals surface area (Å²) < 4.78 is 35.5. The average molecular weight is 1040 g/mol. The lowest BCUT2D eigenvalue weighted by molar-refractivity contribution is -0.265. The molecule has 1 aliphatic carbocycles. The molecule has 0 radical (unpaired) electrons. The third-order valence-corrected chi connectivity index (χ3v) is 16.1. The van der Waals surface area contributed by atoms with Crippen molar-refractivity contribution in [2.45, 2.75) is 193 Å². The molecule has 0 aromatic heterocycles. The molecule has 4 rings (SSSR count). The fourth-order valence-corrected chi connectivity index (χ4v) is 11.0. The zero-order chi connectivity index (χ0) is 55.1. The summed E-state index contributed by atoms with van der Waals surface area (Å²) in [5.41, 5.74) is 0.175. The van der Waals surface area contributed by atoms with E-state index in [1.807, 2.05) is 51.2 Å².